The predicted octanol–water partition coefficient (Wildman–Crippen LogP) is 3.03. The molecule has 1 aliphatic heterocycles. The summed E-state index contributed by atoms with van der Waals surface area (Å²) in [5.74, 6) is 1.51. The number of rotatable bonds is 3. The lowest BCUT2D eigenvalue weighted by atomic mass is 9.95. The number of hydrogen-bond donors (Lipinski definition) is 0. The van der Waals surface area contributed by atoms with Gasteiger partial charge in [-0.15, -0.1) is 0 Å². The van der Waals surface area contributed by atoms with Crippen molar-refractivity contribution in [2.75, 3.05) is 6.54 Å². The van der Waals surface area contributed by atoms with Gasteiger partial charge in [0.05, 0.1) is 5.92 Å². The van der Waals surface area contributed by atoms with Crippen LogP contribution in [0.5, 0.6) is 0 Å². The third-order valence-electron chi connectivity index (χ3n) is 5.59. The van der Waals surface area contributed by atoms with Crippen molar-refractivity contribution in [1.29, 1.82) is 0 Å². The van der Waals surface area contributed by atoms with E-state index < -0.39 is 0 Å². The van der Waals surface area contributed by atoms with E-state index in [9.17, 15) is 4.79 Å². The number of carbonyl (C=O) groups is 1. The molecule has 0 unspecified atom stereocenters. The minimum atomic E-state index is 0.117. The Labute approximate surface area is 151 Å². The zero-order valence-electron chi connectivity index (χ0n) is 14.5. The molecule has 1 saturated carbocycles. The molecule has 1 saturated heterocycles. The van der Waals surface area contributed by atoms with Gasteiger partial charge in [-0.1, -0.05) is 24.1 Å². The molecule has 2 aliphatic rings. The van der Waals surface area contributed by atoms with Gasteiger partial charge in [0, 0.05) is 31.4 Å². The van der Waals surface area contributed by atoms with E-state index >= 15 is 0 Å². The third-order valence-corrected chi connectivity index (χ3v) is 5.59. The molecule has 134 valence electrons. The van der Waals surface area contributed by atoms with Crippen molar-refractivity contribution in [2.45, 2.75) is 50.5 Å². The van der Waals surface area contributed by atoms with Gasteiger partial charge in [0.2, 0.25) is 17.6 Å². The van der Waals surface area contributed by atoms with Crippen LogP contribution in [0.1, 0.15) is 50.3 Å². The second kappa shape index (κ2) is 6.23. The molecule has 0 aromatic carbocycles. The van der Waals surface area contributed by atoms with E-state index in [4.69, 9.17) is 4.52 Å². The summed E-state index contributed by atoms with van der Waals surface area (Å²) in [6.45, 7) is 0.691. The van der Waals surface area contributed by atoms with Crippen LogP contribution in [0.2, 0.25) is 0 Å². The van der Waals surface area contributed by atoms with Gasteiger partial charge in [0.25, 0.3) is 0 Å². The van der Waals surface area contributed by atoms with Gasteiger partial charge in [-0.3, -0.25) is 4.79 Å². The maximum absolute atomic E-state index is 12.3. The van der Waals surface area contributed by atoms with Crippen LogP contribution in [-0.4, -0.2) is 42.9 Å². The lowest BCUT2D eigenvalue weighted by molar-refractivity contribution is -0.136. The number of imidazole rings is 1. The average Bonchev–Trinajstić information content (AvgIpc) is 3.41. The number of piperidine rings is 1. The SMILES string of the molecule is O=C1CC[C@H](c2nc(-c3cn4ccccc4n3)no2)CN1C1CCCC1. The van der Waals surface area contributed by atoms with Gasteiger partial charge in [0.1, 0.15) is 11.3 Å². The van der Waals surface area contributed by atoms with Crippen LogP contribution in [0.3, 0.4) is 0 Å². The van der Waals surface area contributed by atoms with Gasteiger partial charge in [-0.2, -0.15) is 4.98 Å². The molecule has 5 rings (SSSR count). The van der Waals surface area contributed by atoms with Gasteiger partial charge in [0.15, 0.2) is 0 Å². The third kappa shape index (κ3) is 2.67. The van der Waals surface area contributed by atoms with Gasteiger partial charge >= 0.3 is 0 Å². The topological polar surface area (TPSA) is 76.5 Å². The summed E-state index contributed by atoms with van der Waals surface area (Å²) in [6.07, 6.45) is 9.86. The second-order valence-corrected chi connectivity index (χ2v) is 7.27. The minimum absolute atomic E-state index is 0.117. The number of amides is 1. The van der Waals surface area contributed by atoms with Crippen molar-refractivity contribution in [3.05, 3.63) is 36.5 Å². The van der Waals surface area contributed by atoms with Crippen LogP contribution in [0.4, 0.5) is 0 Å². The normalized spacial score (nSPS) is 21.8. The largest absolute Gasteiger partial charge is 0.339 e. The van der Waals surface area contributed by atoms with E-state index in [1.807, 2.05) is 35.0 Å². The maximum atomic E-state index is 12.3. The average molecular weight is 351 g/mol. The summed E-state index contributed by atoms with van der Waals surface area (Å²) in [5, 5.41) is 4.13. The molecule has 7 heteroatoms. The van der Waals surface area contributed by atoms with Crippen molar-refractivity contribution < 1.29 is 9.32 Å². The van der Waals surface area contributed by atoms with Crippen LogP contribution < -0.4 is 0 Å². The summed E-state index contributed by atoms with van der Waals surface area (Å²) in [7, 11) is 0. The van der Waals surface area contributed by atoms with Crippen LogP contribution in [0, 0.1) is 0 Å². The quantitative estimate of drug-likeness (QED) is 0.725. The Morgan fingerprint density at radius 2 is 2.00 bits per heavy atom. The lowest BCUT2D eigenvalue weighted by Gasteiger charge is -2.35. The smallest absolute Gasteiger partial charge is 0.231 e. The molecule has 1 aliphatic carbocycles. The van der Waals surface area contributed by atoms with Crippen LogP contribution in [0.25, 0.3) is 17.2 Å². The number of carbonyl (C=O) groups excluding carboxylic acids is 1. The number of hydrogen-bond acceptors (Lipinski definition) is 5. The van der Waals surface area contributed by atoms with E-state index in [0.717, 1.165) is 24.9 Å². The Kier molecular flexibility index (Phi) is 3.72. The number of likely N-dealkylation sites (tertiary alicyclic amines) is 1. The highest BCUT2D eigenvalue weighted by Crippen LogP contribution is 2.33. The molecule has 0 spiro atoms. The minimum Gasteiger partial charge on any atom is -0.339 e. The fraction of sp³-hybridized carbons (Fsp3) is 0.474. The number of aromatic nitrogens is 4. The van der Waals surface area contributed by atoms with Gasteiger partial charge in [-0.05, 0) is 31.4 Å². The van der Waals surface area contributed by atoms with Crippen molar-refractivity contribution in [3.63, 3.8) is 0 Å². The summed E-state index contributed by atoms with van der Waals surface area (Å²) >= 11 is 0. The Bertz CT molecular complexity index is 907. The first-order valence-corrected chi connectivity index (χ1v) is 9.35. The van der Waals surface area contributed by atoms with Crippen molar-refractivity contribution in [2.24, 2.45) is 0 Å². The molecule has 1 amide bonds. The Morgan fingerprint density at radius 1 is 1.12 bits per heavy atom. The second-order valence-electron chi connectivity index (χ2n) is 7.27. The molecule has 26 heavy (non-hydrogen) atoms. The number of pyridine rings is 1. The zero-order chi connectivity index (χ0) is 17.5. The molecule has 0 radical (unpaired) electrons. The fourth-order valence-electron chi connectivity index (χ4n) is 4.19. The molecule has 1 atom stereocenters. The van der Waals surface area contributed by atoms with E-state index in [1.165, 1.54) is 12.8 Å². The molecule has 3 aromatic rings. The molecule has 7 nitrogen and oxygen atoms in total. The first-order valence-electron chi connectivity index (χ1n) is 9.35. The maximum Gasteiger partial charge on any atom is 0.231 e. The Hall–Kier alpha value is -2.70. The van der Waals surface area contributed by atoms with Crippen molar-refractivity contribution >= 4 is 11.6 Å². The Morgan fingerprint density at radius 3 is 2.85 bits per heavy atom. The first-order chi connectivity index (χ1) is 12.8. The monoisotopic (exact) mass is 351 g/mol. The molecule has 4 heterocycles. The van der Waals surface area contributed by atoms with E-state index in [1.54, 1.807) is 0 Å². The molecular formula is C19H21N5O2. The summed E-state index contributed by atoms with van der Waals surface area (Å²) < 4.78 is 7.49. The van der Waals surface area contributed by atoms with Crippen molar-refractivity contribution in [3.8, 4) is 11.5 Å². The molecule has 0 N–H and O–H groups in total. The number of nitrogens with zero attached hydrogens (tertiary/aromatic N) is 5. The molecule has 2 fully saturated rings. The fourth-order valence-corrected chi connectivity index (χ4v) is 4.19. The van der Waals surface area contributed by atoms with Crippen LogP contribution in [-0.2, 0) is 4.79 Å². The lowest BCUT2D eigenvalue weighted by Crippen LogP contribution is -2.44. The Balaban J connectivity index is 1.38. The summed E-state index contributed by atoms with van der Waals surface area (Å²) in [4.78, 5) is 23.5. The zero-order valence-corrected chi connectivity index (χ0v) is 14.5. The highest BCUT2D eigenvalue weighted by atomic mass is 16.5. The van der Waals surface area contributed by atoms with E-state index in [2.05, 4.69) is 20.0 Å². The van der Waals surface area contributed by atoms with Crippen LogP contribution in [0.15, 0.2) is 35.1 Å². The molecule has 3 aromatic heterocycles. The van der Waals surface area contributed by atoms with Gasteiger partial charge < -0.3 is 13.8 Å². The standard InChI is InChI=1S/C19H21N5O2/c25-17-9-8-13(11-24(17)14-5-1-2-6-14)19-21-18(22-26-19)15-12-23-10-4-3-7-16(23)20-15/h3-4,7,10,12-14H,1-2,5-6,8-9,11H2/t13-/m0/s1. The number of fused-ring (bicyclic) bond motifs is 1. The summed E-state index contributed by atoms with van der Waals surface area (Å²) in [5.41, 5.74) is 1.55. The van der Waals surface area contributed by atoms with E-state index in [0.29, 0.717) is 36.4 Å². The highest BCUT2D eigenvalue weighted by Gasteiger charge is 2.35. The molecule has 0 bridgehead atoms. The predicted molar refractivity (Wildman–Crippen MR) is 94.4 cm³/mol. The van der Waals surface area contributed by atoms with Gasteiger partial charge in [-0.25, -0.2) is 4.98 Å². The van der Waals surface area contributed by atoms with Crippen LogP contribution >= 0.6 is 0 Å². The highest BCUT2D eigenvalue weighted by molar-refractivity contribution is 5.77. The van der Waals surface area contributed by atoms with Crippen molar-refractivity contribution in [1.82, 2.24) is 24.4 Å². The first kappa shape index (κ1) is 15.5. The molecular weight excluding hydrogens is 330 g/mol. The van der Waals surface area contributed by atoms with E-state index in [-0.39, 0.29) is 11.8 Å². The summed E-state index contributed by atoms with van der Waals surface area (Å²) in [6, 6.07) is 6.24.